The van der Waals surface area contributed by atoms with Gasteiger partial charge in [0.25, 0.3) is 0 Å². The summed E-state index contributed by atoms with van der Waals surface area (Å²) in [6.07, 6.45) is 1.20. The second-order valence-electron chi connectivity index (χ2n) is 8.34. The highest BCUT2D eigenvalue weighted by molar-refractivity contribution is 5.77. The van der Waals surface area contributed by atoms with Crippen LogP contribution in [0.5, 0.6) is 5.75 Å². The lowest BCUT2D eigenvalue weighted by Gasteiger charge is -2.33. The minimum absolute atomic E-state index is 0.0410. The van der Waals surface area contributed by atoms with E-state index in [9.17, 15) is 9.59 Å². The van der Waals surface area contributed by atoms with Gasteiger partial charge in [0.1, 0.15) is 11.4 Å². The van der Waals surface area contributed by atoms with Gasteiger partial charge in [-0.15, -0.1) is 0 Å². The number of hydrogen-bond donors (Lipinski definition) is 1. The fraction of sp³-hybridized carbons (Fsp3) is 0.600. The first-order chi connectivity index (χ1) is 12.6. The highest BCUT2D eigenvalue weighted by atomic mass is 16.6. The summed E-state index contributed by atoms with van der Waals surface area (Å²) >= 11 is 0. The molecule has 1 aromatic carbocycles. The number of aromatic amines is 1. The predicted octanol–water partition coefficient (Wildman–Crippen LogP) is 3.69. The van der Waals surface area contributed by atoms with Gasteiger partial charge in [0.2, 0.25) is 0 Å². The van der Waals surface area contributed by atoms with E-state index in [-0.39, 0.29) is 23.9 Å². The third-order valence-electron chi connectivity index (χ3n) is 4.54. The summed E-state index contributed by atoms with van der Waals surface area (Å²) in [7, 11) is 0. The molecule has 0 aliphatic carbocycles. The molecule has 1 saturated heterocycles. The van der Waals surface area contributed by atoms with Gasteiger partial charge in [-0.25, -0.2) is 9.59 Å². The van der Waals surface area contributed by atoms with Crippen LogP contribution in [0.15, 0.2) is 23.0 Å². The lowest BCUT2D eigenvalue weighted by molar-refractivity contribution is 0.0189. The van der Waals surface area contributed by atoms with E-state index in [2.05, 4.69) is 4.98 Å². The normalized spacial score (nSPS) is 16.1. The Morgan fingerprint density at radius 2 is 1.89 bits per heavy atom. The van der Waals surface area contributed by atoms with E-state index in [1.54, 1.807) is 9.47 Å². The van der Waals surface area contributed by atoms with Crippen LogP contribution in [-0.2, 0) is 4.74 Å². The van der Waals surface area contributed by atoms with E-state index in [4.69, 9.17) is 9.47 Å². The standard InChI is InChI=1S/C20H29N3O4/c1-13(2)26-15-6-7-16-17(12-15)23(18(24)21-16)14-8-10-22(11-9-14)19(25)27-20(3,4)5/h6-7,12-14H,8-11H2,1-5H3,(H,21,24). The fourth-order valence-electron chi connectivity index (χ4n) is 3.44. The number of benzene rings is 1. The molecule has 1 amide bonds. The summed E-state index contributed by atoms with van der Waals surface area (Å²) in [5, 5.41) is 0. The zero-order chi connectivity index (χ0) is 19.8. The first-order valence-electron chi connectivity index (χ1n) is 9.53. The monoisotopic (exact) mass is 375 g/mol. The van der Waals surface area contributed by atoms with Crippen LogP contribution in [0.25, 0.3) is 11.0 Å². The molecule has 1 aromatic heterocycles. The third-order valence-corrected chi connectivity index (χ3v) is 4.54. The van der Waals surface area contributed by atoms with E-state index in [1.165, 1.54) is 0 Å². The summed E-state index contributed by atoms with van der Waals surface area (Å²) in [5.41, 5.74) is 1.01. The molecule has 1 aliphatic heterocycles. The molecule has 3 rings (SSSR count). The number of nitrogens with zero attached hydrogens (tertiary/aromatic N) is 2. The summed E-state index contributed by atoms with van der Waals surface area (Å²) in [4.78, 5) is 29.4. The molecule has 1 aliphatic rings. The van der Waals surface area contributed by atoms with Crippen molar-refractivity contribution in [3.63, 3.8) is 0 Å². The number of rotatable bonds is 3. The molecule has 0 unspecified atom stereocenters. The molecule has 0 atom stereocenters. The van der Waals surface area contributed by atoms with Gasteiger partial charge >= 0.3 is 11.8 Å². The van der Waals surface area contributed by atoms with Crippen LogP contribution < -0.4 is 10.4 Å². The molecule has 148 valence electrons. The molecule has 0 spiro atoms. The van der Waals surface area contributed by atoms with E-state index in [0.29, 0.717) is 25.9 Å². The summed E-state index contributed by atoms with van der Waals surface area (Å²) in [6, 6.07) is 5.70. The number of ether oxygens (including phenoxy) is 2. The Kier molecular flexibility index (Phi) is 5.22. The van der Waals surface area contributed by atoms with Crippen LogP contribution in [-0.4, -0.2) is 45.3 Å². The Balaban J connectivity index is 1.77. The van der Waals surface area contributed by atoms with Crippen LogP contribution in [0.3, 0.4) is 0 Å². The minimum atomic E-state index is -0.505. The maximum Gasteiger partial charge on any atom is 0.410 e. The van der Waals surface area contributed by atoms with Crippen molar-refractivity contribution >= 4 is 17.1 Å². The molecule has 7 heteroatoms. The molecule has 27 heavy (non-hydrogen) atoms. The molecule has 0 bridgehead atoms. The number of aromatic nitrogens is 2. The Morgan fingerprint density at radius 1 is 1.22 bits per heavy atom. The second kappa shape index (κ2) is 7.29. The van der Waals surface area contributed by atoms with Gasteiger partial charge in [-0.2, -0.15) is 0 Å². The van der Waals surface area contributed by atoms with Gasteiger partial charge in [-0.1, -0.05) is 0 Å². The van der Waals surface area contributed by atoms with E-state index >= 15 is 0 Å². The maximum atomic E-state index is 12.5. The van der Waals surface area contributed by atoms with Crippen molar-refractivity contribution in [2.24, 2.45) is 0 Å². The summed E-state index contributed by atoms with van der Waals surface area (Å²) in [5.74, 6) is 0.747. The molecule has 2 heterocycles. The van der Waals surface area contributed by atoms with Crippen molar-refractivity contribution in [1.82, 2.24) is 14.5 Å². The molecule has 2 aromatic rings. The Hall–Kier alpha value is -2.44. The number of amides is 1. The molecule has 0 saturated carbocycles. The average Bonchev–Trinajstić information content (AvgIpc) is 2.88. The van der Waals surface area contributed by atoms with Gasteiger partial charge in [0, 0.05) is 25.2 Å². The van der Waals surface area contributed by atoms with Crippen molar-refractivity contribution in [2.45, 2.75) is 65.2 Å². The molecule has 1 N–H and O–H groups in total. The van der Waals surface area contributed by atoms with Crippen LogP contribution in [0.2, 0.25) is 0 Å². The van der Waals surface area contributed by atoms with Gasteiger partial charge in [0.15, 0.2) is 0 Å². The predicted molar refractivity (Wildman–Crippen MR) is 104 cm³/mol. The highest BCUT2D eigenvalue weighted by Gasteiger charge is 2.29. The van der Waals surface area contributed by atoms with Crippen molar-refractivity contribution in [3.05, 3.63) is 28.7 Å². The SMILES string of the molecule is CC(C)Oc1ccc2[nH]c(=O)n(C3CCN(C(=O)OC(C)(C)C)CC3)c2c1. The number of fused-ring (bicyclic) bond motifs is 1. The molecule has 0 radical (unpaired) electrons. The number of nitrogens with one attached hydrogen (secondary N) is 1. The number of H-pyrrole nitrogens is 1. The van der Waals surface area contributed by atoms with Crippen LogP contribution in [0, 0.1) is 0 Å². The van der Waals surface area contributed by atoms with E-state index < -0.39 is 5.60 Å². The zero-order valence-corrected chi connectivity index (χ0v) is 16.7. The van der Waals surface area contributed by atoms with Crippen LogP contribution in [0.1, 0.15) is 53.5 Å². The largest absolute Gasteiger partial charge is 0.491 e. The number of imidazole rings is 1. The van der Waals surface area contributed by atoms with E-state index in [1.807, 2.05) is 52.8 Å². The van der Waals surface area contributed by atoms with Crippen molar-refractivity contribution in [3.8, 4) is 5.75 Å². The quantitative estimate of drug-likeness (QED) is 0.888. The Labute approximate surface area is 159 Å². The summed E-state index contributed by atoms with van der Waals surface area (Å²) in [6.45, 7) is 10.7. The third kappa shape index (κ3) is 4.46. The lowest BCUT2D eigenvalue weighted by atomic mass is 10.0. The first-order valence-corrected chi connectivity index (χ1v) is 9.53. The number of piperidine rings is 1. The summed E-state index contributed by atoms with van der Waals surface area (Å²) < 4.78 is 13.0. The Bertz CT molecular complexity index is 867. The lowest BCUT2D eigenvalue weighted by Crippen LogP contribution is -2.43. The maximum absolute atomic E-state index is 12.5. The van der Waals surface area contributed by atoms with Crippen molar-refractivity contribution < 1.29 is 14.3 Å². The smallest absolute Gasteiger partial charge is 0.410 e. The van der Waals surface area contributed by atoms with Crippen molar-refractivity contribution in [2.75, 3.05) is 13.1 Å². The van der Waals surface area contributed by atoms with Crippen molar-refractivity contribution in [1.29, 1.82) is 0 Å². The van der Waals surface area contributed by atoms with E-state index in [0.717, 1.165) is 16.8 Å². The number of carbonyl (C=O) groups excluding carboxylic acids is 1. The minimum Gasteiger partial charge on any atom is -0.491 e. The van der Waals surface area contributed by atoms with Crippen LogP contribution in [0.4, 0.5) is 4.79 Å². The zero-order valence-electron chi connectivity index (χ0n) is 16.7. The molecule has 7 nitrogen and oxygen atoms in total. The number of hydrogen-bond acceptors (Lipinski definition) is 4. The molecular formula is C20H29N3O4. The van der Waals surface area contributed by atoms with Gasteiger partial charge < -0.3 is 19.4 Å². The van der Waals surface area contributed by atoms with Gasteiger partial charge in [-0.3, -0.25) is 4.57 Å². The second-order valence-corrected chi connectivity index (χ2v) is 8.34. The Morgan fingerprint density at radius 3 is 2.48 bits per heavy atom. The molecule has 1 fully saturated rings. The molecular weight excluding hydrogens is 346 g/mol. The van der Waals surface area contributed by atoms with Gasteiger partial charge in [-0.05, 0) is 59.6 Å². The number of carbonyl (C=O) groups is 1. The average molecular weight is 375 g/mol. The van der Waals surface area contributed by atoms with Gasteiger partial charge in [0.05, 0.1) is 17.1 Å². The number of likely N-dealkylation sites (tertiary alicyclic amines) is 1. The topological polar surface area (TPSA) is 76.6 Å². The highest BCUT2D eigenvalue weighted by Crippen LogP contribution is 2.28. The fourth-order valence-corrected chi connectivity index (χ4v) is 3.44. The first kappa shape index (κ1) is 19.3. The van der Waals surface area contributed by atoms with Crippen LogP contribution >= 0.6 is 0 Å².